The number of carboxylic acids is 1. The lowest BCUT2D eigenvalue weighted by atomic mass is 10.2. The number of amides is 1. The number of carbonyl (C=O) groups excluding carboxylic acids is 1. The maximum Gasteiger partial charge on any atom is 0.306 e. The molecule has 0 aliphatic carbocycles. The molecule has 114 valence electrons. The molecule has 1 amide bonds. The van der Waals surface area contributed by atoms with Gasteiger partial charge in [0.1, 0.15) is 6.10 Å². The molecule has 1 aromatic carbocycles. The Labute approximate surface area is 121 Å². The Bertz CT molecular complexity index is 630. The summed E-state index contributed by atoms with van der Waals surface area (Å²) in [5.74, 6) is -1.91. The van der Waals surface area contributed by atoms with Gasteiger partial charge in [0.25, 0.3) is 15.9 Å². The van der Waals surface area contributed by atoms with Crippen molar-refractivity contribution in [1.82, 2.24) is 9.84 Å². The van der Waals surface area contributed by atoms with Crippen molar-refractivity contribution in [3.63, 3.8) is 0 Å². The van der Waals surface area contributed by atoms with Crippen LogP contribution in [0.1, 0.15) is 6.42 Å². The van der Waals surface area contributed by atoms with Crippen LogP contribution in [-0.4, -0.2) is 49.7 Å². The SMILES string of the molecule is O=C(O)C[C@H]1OCCN(NS(=O)(=O)c2ccccc2)C1=O. The molecule has 1 aliphatic heterocycles. The van der Waals surface area contributed by atoms with Crippen molar-refractivity contribution in [2.24, 2.45) is 0 Å². The zero-order chi connectivity index (χ0) is 15.5. The van der Waals surface area contributed by atoms with Gasteiger partial charge in [0.2, 0.25) is 0 Å². The van der Waals surface area contributed by atoms with Crippen molar-refractivity contribution in [1.29, 1.82) is 0 Å². The molecule has 0 radical (unpaired) electrons. The Morgan fingerprint density at radius 3 is 2.67 bits per heavy atom. The first-order chi connectivity index (χ1) is 9.90. The molecule has 1 atom stereocenters. The molecule has 8 nitrogen and oxygen atoms in total. The molecule has 2 N–H and O–H groups in total. The second-order valence-corrected chi connectivity index (χ2v) is 6.02. The maximum atomic E-state index is 12.1. The van der Waals surface area contributed by atoms with Gasteiger partial charge in [0.15, 0.2) is 0 Å². The van der Waals surface area contributed by atoms with Gasteiger partial charge in [-0.2, -0.15) is 0 Å². The number of carbonyl (C=O) groups is 2. The highest BCUT2D eigenvalue weighted by Crippen LogP contribution is 2.12. The van der Waals surface area contributed by atoms with Crippen LogP contribution in [0.5, 0.6) is 0 Å². The van der Waals surface area contributed by atoms with Gasteiger partial charge in [0.05, 0.1) is 24.5 Å². The number of benzene rings is 1. The molecule has 0 aromatic heterocycles. The zero-order valence-electron chi connectivity index (χ0n) is 10.9. The van der Waals surface area contributed by atoms with E-state index in [1.165, 1.54) is 12.1 Å². The van der Waals surface area contributed by atoms with Gasteiger partial charge in [-0.05, 0) is 12.1 Å². The lowest BCUT2D eigenvalue weighted by molar-refractivity contribution is -0.161. The molecule has 0 unspecified atom stereocenters. The van der Waals surface area contributed by atoms with Crippen LogP contribution in [0.2, 0.25) is 0 Å². The smallest absolute Gasteiger partial charge is 0.306 e. The predicted molar refractivity (Wildman–Crippen MR) is 70.5 cm³/mol. The topological polar surface area (TPSA) is 113 Å². The average molecular weight is 314 g/mol. The standard InChI is InChI=1S/C12H14N2O6S/c15-11(16)8-10-12(17)14(6-7-20-10)13-21(18,19)9-4-2-1-3-5-9/h1-5,10,13H,6-8H2,(H,15,16)/t10-/m1/s1. The Kier molecular flexibility index (Phi) is 4.56. The van der Waals surface area contributed by atoms with Gasteiger partial charge < -0.3 is 9.84 Å². The van der Waals surface area contributed by atoms with Gasteiger partial charge in [0, 0.05) is 0 Å². The van der Waals surface area contributed by atoms with Crippen molar-refractivity contribution in [3.05, 3.63) is 30.3 Å². The normalized spacial score (nSPS) is 19.5. The van der Waals surface area contributed by atoms with Crippen LogP contribution in [0.4, 0.5) is 0 Å². The van der Waals surface area contributed by atoms with Crippen molar-refractivity contribution < 1.29 is 27.9 Å². The van der Waals surface area contributed by atoms with Crippen LogP contribution >= 0.6 is 0 Å². The van der Waals surface area contributed by atoms with Crippen LogP contribution in [-0.2, 0) is 24.3 Å². The summed E-state index contributed by atoms with van der Waals surface area (Å²) in [7, 11) is -3.89. The molecular formula is C12H14N2O6S. The summed E-state index contributed by atoms with van der Waals surface area (Å²) in [6, 6.07) is 7.57. The number of nitrogens with zero attached hydrogens (tertiary/aromatic N) is 1. The van der Waals surface area contributed by atoms with Crippen molar-refractivity contribution in [2.45, 2.75) is 17.4 Å². The van der Waals surface area contributed by atoms with E-state index in [4.69, 9.17) is 9.84 Å². The van der Waals surface area contributed by atoms with E-state index in [1.54, 1.807) is 18.2 Å². The second kappa shape index (κ2) is 6.20. The highest BCUT2D eigenvalue weighted by molar-refractivity contribution is 7.89. The van der Waals surface area contributed by atoms with Gasteiger partial charge in [-0.3, -0.25) is 14.6 Å². The third-order valence-corrected chi connectivity index (χ3v) is 4.17. The number of aliphatic carboxylic acids is 1. The highest BCUT2D eigenvalue weighted by atomic mass is 32.2. The molecule has 1 saturated heterocycles. The van der Waals surface area contributed by atoms with Gasteiger partial charge >= 0.3 is 5.97 Å². The average Bonchev–Trinajstić information content (AvgIpc) is 2.44. The van der Waals surface area contributed by atoms with Crippen LogP contribution in [0.15, 0.2) is 35.2 Å². The van der Waals surface area contributed by atoms with E-state index >= 15 is 0 Å². The van der Waals surface area contributed by atoms with Crippen LogP contribution < -0.4 is 4.83 Å². The molecule has 1 aliphatic rings. The number of nitrogens with one attached hydrogen (secondary N) is 1. The van der Waals surface area contributed by atoms with Crippen molar-refractivity contribution in [2.75, 3.05) is 13.2 Å². The Hall–Kier alpha value is -1.97. The van der Waals surface area contributed by atoms with Crippen LogP contribution in [0.25, 0.3) is 0 Å². The Morgan fingerprint density at radius 1 is 1.38 bits per heavy atom. The molecule has 0 saturated carbocycles. The number of hydrogen-bond acceptors (Lipinski definition) is 5. The highest BCUT2D eigenvalue weighted by Gasteiger charge is 2.33. The number of hydrogen-bond donors (Lipinski definition) is 2. The summed E-state index contributed by atoms with van der Waals surface area (Å²) in [6.07, 6.45) is -1.70. The molecule has 1 heterocycles. The van der Waals surface area contributed by atoms with E-state index in [0.29, 0.717) is 0 Å². The largest absolute Gasteiger partial charge is 0.481 e. The number of hydrazine groups is 1. The van der Waals surface area contributed by atoms with Crippen LogP contribution in [0, 0.1) is 0 Å². The van der Waals surface area contributed by atoms with E-state index in [2.05, 4.69) is 4.83 Å². The van der Waals surface area contributed by atoms with Crippen LogP contribution in [0.3, 0.4) is 0 Å². The van der Waals surface area contributed by atoms with E-state index in [1.807, 2.05) is 0 Å². The number of ether oxygens (including phenoxy) is 1. The quantitative estimate of drug-likeness (QED) is 0.763. The molecule has 0 bridgehead atoms. The first kappa shape index (κ1) is 15.4. The summed E-state index contributed by atoms with van der Waals surface area (Å²) < 4.78 is 29.3. The monoisotopic (exact) mass is 314 g/mol. The molecule has 1 fully saturated rings. The number of morpholine rings is 1. The summed E-state index contributed by atoms with van der Waals surface area (Å²) in [4.78, 5) is 24.8. The molecule has 0 spiro atoms. The molecule has 21 heavy (non-hydrogen) atoms. The number of sulfonamides is 1. The van der Waals surface area contributed by atoms with E-state index in [9.17, 15) is 18.0 Å². The van der Waals surface area contributed by atoms with Gasteiger partial charge in [-0.25, -0.2) is 8.42 Å². The number of carboxylic acid groups (broad SMARTS) is 1. The Balaban J connectivity index is 2.12. The fraction of sp³-hybridized carbons (Fsp3) is 0.333. The first-order valence-corrected chi connectivity index (χ1v) is 7.61. The summed E-state index contributed by atoms with van der Waals surface area (Å²) in [5.41, 5.74) is 0. The lowest BCUT2D eigenvalue weighted by Gasteiger charge is -2.31. The van der Waals surface area contributed by atoms with Gasteiger partial charge in [-0.1, -0.05) is 18.2 Å². The molecular weight excluding hydrogens is 300 g/mol. The minimum Gasteiger partial charge on any atom is -0.481 e. The zero-order valence-corrected chi connectivity index (χ0v) is 11.7. The Morgan fingerprint density at radius 2 is 2.05 bits per heavy atom. The molecule has 9 heteroatoms. The summed E-state index contributed by atoms with van der Waals surface area (Å²) >= 11 is 0. The molecule has 2 rings (SSSR count). The fourth-order valence-electron chi connectivity index (χ4n) is 1.83. The van der Waals surface area contributed by atoms with Gasteiger partial charge in [-0.15, -0.1) is 4.83 Å². The maximum absolute atomic E-state index is 12.1. The third kappa shape index (κ3) is 3.78. The first-order valence-electron chi connectivity index (χ1n) is 6.12. The lowest BCUT2D eigenvalue weighted by Crippen LogP contribution is -2.55. The second-order valence-electron chi connectivity index (χ2n) is 4.35. The van der Waals surface area contributed by atoms with E-state index in [-0.39, 0.29) is 18.0 Å². The third-order valence-electron chi connectivity index (χ3n) is 2.82. The van der Waals surface area contributed by atoms with E-state index < -0.39 is 34.4 Å². The fourth-order valence-corrected chi connectivity index (χ4v) is 2.93. The van der Waals surface area contributed by atoms with Crippen molar-refractivity contribution >= 4 is 21.9 Å². The minimum absolute atomic E-state index is 0.0130. The van der Waals surface area contributed by atoms with Crippen molar-refractivity contribution in [3.8, 4) is 0 Å². The summed E-state index contributed by atoms with van der Waals surface area (Å²) in [5, 5.41) is 9.57. The predicted octanol–water partition coefficient (Wildman–Crippen LogP) is -0.418. The summed E-state index contributed by atoms with van der Waals surface area (Å²) in [6.45, 7) is 0.0714. The molecule has 1 aromatic rings. The number of rotatable bonds is 5. The van der Waals surface area contributed by atoms with E-state index in [0.717, 1.165) is 5.01 Å². The minimum atomic E-state index is -3.89.